The minimum absolute atomic E-state index is 0.255. The van der Waals surface area contributed by atoms with Crippen LogP contribution in [0.4, 0.5) is 10.1 Å². The molecule has 3 heterocycles. The second-order valence-electron chi connectivity index (χ2n) is 7.25. The molecular formula is C20H16Cl2FN3O2. The Morgan fingerprint density at radius 1 is 0.893 bits per heavy atom. The summed E-state index contributed by atoms with van der Waals surface area (Å²) < 4.78 is 13.4. The maximum atomic E-state index is 13.4. The Morgan fingerprint density at radius 3 is 2.25 bits per heavy atom. The third-order valence-electron chi connectivity index (χ3n) is 5.77. The van der Waals surface area contributed by atoms with Gasteiger partial charge in [0.05, 0.1) is 22.7 Å². The van der Waals surface area contributed by atoms with Crippen molar-refractivity contribution in [2.75, 3.05) is 18.0 Å². The molecule has 5 rings (SSSR count). The number of anilines is 1. The van der Waals surface area contributed by atoms with Gasteiger partial charge in [0, 0.05) is 18.1 Å². The Bertz CT molecular complexity index is 984. The summed E-state index contributed by atoms with van der Waals surface area (Å²) in [5.74, 6) is -1.47. The zero-order valence-electron chi connectivity index (χ0n) is 14.7. The van der Waals surface area contributed by atoms with Gasteiger partial charge in [-0.05, 0) is 42.3 Å². The lowest BCUT2D eigenvalue weighted by atomic mass is 9.90. The fraction of sp³-hybridized carbons (Fsp3) is 0.300. The van der Waals surface area contributed by atoms with Gasteiger partial charge in [-0.2, -0.15) is 0 Å². The summed E-state index contributed by atoms with van der Waals surface area (Å²) in [5.41, 5.74) is 1.17. The molecule has 2 aromatic carbocycles. The van der Waals surface area contributed by atoms with Crippen LogP contribution in [0.15, 0.2) is 42.5 Å². The monoisotopic (exact) mass is 419 g/mol. The minimum Gasteiger partial charge on any atom is -0.274 e. The highest BCUT2D eigenvalue weighted by Gasteiger charge is 2.63. The molecule has 0 spiro atoms. The van der Waals surface area contributed by atoms with E-state index < -0.39 is 12.0 Å². The zero-order chi connectivity index (χ0) is 19.6. The third kappa shape index (κ3) is 2.52. The van der Waals surface area contributed by atoms with Crippen LogP contribution < -0.4 is 4.90 Å². The van der Waals surface area contributed by atoms with Crippen LogP contribution >= 0.6 is 23.2 Å². The molecule has 2 aromatic rings. The first kappa shape index (κ1) is 18.1. The second kappa shape index (κ2) is 6.52. The van der Waals surface area contributed by atoms with Gasteiger partial charge in [-0.1, -0.05) is 35.3 Å². The van der Waals surface area contributed by atoms with Crippen molar-refractivity contribution in [2.24, 2.45) is 5.92 Å². The number of hydrogen-bond acceptors (Lipinski definition) is 4. The second-order valence-corrected chi connectivity index (χ2v) is 8.10. The zero-order valence-corrected chi connectivity index (χ0v) is 16.2. The van der Waals surface area contributed by atoms with Gasteiger partial charge in [0.1, 0.15) is 11.9 Å². The smallest absolute Gasteiger partial charge is 0.253 e. The Hall–Kier alpha value is -1.99. The largest absolute Gasteiger partial charge is 0.274 e. The lowest BCUT2D eigenvalue weighted by molar-refractivity contribution is -0.126. The first-order valence-electron chi connectivity index (χ1n) is 9.09. The Kier molecular flexibility index (Phi) is 4.21. The predicted molar refractivity (Wildman–Crippen MR) is 103 cm³/mol. The highest BCUT2D eigenvalue weighted by atomic mass is 35.5. The summed E-state index contributed by atoms with van der Waals surface area (Å²) in [6.45, 7) is 1.47. The van der Waals surface area contributed by atoms with Crippen molar-refractivity contribution in [1.29, 1.82) is 0 Å². The molecule has 3 aliphatic heterocycles. The summed E-state index contributed by atoms with van der Waals surface area (Å²) in [6.07, 6.45) is 0.907. The first-order valence-corrected chi connectivity index (χ1v) is 9.84. The molecule has 3 atom stereocenters. The molecule has 144 valence electrons. The molecule has 28 heavy (non-hydrogen) atoms. The van der Waals surface area contributed by atoms with Crippen molar-refractivity contribution in [3.05, 3.63) is 63.9 Å². The van der Waals surface area contributed by atoms with E-state index in [1.54, 1.807) is 24.3 Å². The normalized spacial score (nSPS) is 27.5. The van der Waals surface area contributed by atoms with Crippen LogP contribution in [0.25, 0.3) is 0 Å². The van der Waals surface area contributed by atoms with Crippen molar-refractivity contribution in [2.45, 2.75) is 18.5 Å². The van der Waals surface area contributed by atoms with E-state index >= 15 is 0 Å². The highest BCUT2D eigenvalue weighted by Crippen LogP contribution is 2.49. The van der Waals surface area contributed by atoms with E-state index in [1.165, 1.54) is 23.1 Å². The molecular weight excluding hydrogens is 404 g/mol. The summed E-state index contributed by atoms with van der Waals surface area (Å²) >= 11 is 12.2. The molecule has 3 aliphatic rings. The van der Waals surface area contributed by atoms with Crippen LogP contribution in [0.2, 0.25) is 10.0 Å². The van der Waals surface area contributed by atoms with Crippen LogP contribution in [0.1, 0.15) is 18.0 Å². The molecule has 5 nitrogen and oxygen atoms in total. The van der Waals surface area contributed by atoms with Crippen molar-refractivity contribution in [3.63, 3.8) is 0 Å². The van der Waals surface area contributed by atoms with E-state index in [9.17, 15) is 14.0 Å². The molecule has 0 aliphatic carbocycles. The topological polar surface area (TPSA) is 43.9 Å². The molecule has 0 radical (unpaired) electrons. The molecule has 2 amide bonds. The van der Waals surface area contributed by atoms with E-state index in [-0.39, 0.29) is 28.7 Å². The highest BCUT2D eigenvalue weighted by molar-refractivity contribution is 6.38. The van der Waals surface area contributed by atoms with Gasteiger partial charge >= 0.3 is 0 Å². The Labute approximate surface area is 171 Å². The van der Waals surface area contributed by atoms with Gasteiger partial charge in [0.25, 0.3) is 5.91 Å². The molecule has 3 saturated heterocycles. The summed E-state index contributed by atoms with van der Waals surface area (Å²) in [7, 11) is 0. The van der Waals surface area contributed by atoms with Gasteiger partial charge in [-0.15, -0.1) is 0 Å². The van der Waals surface area contributed by atoms with Gasteiger partial charge in [-0.25, -0.2) is 19.3 Å². The van der Waals surface area contributed by atoms with Crippen LogP contribution in [0.3, 0.4) is 0 Å². The molecule has 8 heteroatoms. The maximum absolute atomic E-state index is 13.4. The number of carbonyl (C=O) groups excluding carboxylic acids is 2. The number of halogens is 3. The van der Waals surface area contributed by atoms with Crippen LogP contribution in [0.5, 0.6) is 0 Å². The summed E-state index contributed by atoms with van der Waals surface area (Å²) in [4.78, 5) is 27.9. The summed E-state index contributed by atoms with van der Waals surface area (Å²) in [5, 5.41) is 4.76. The molecule has 3 fully saturated rings. The van der Waals surface area contributed by atoms with Crippen molar-refractivity contribution in [3.8, 4) is 0 Å². The number of amides is 2. The van der Waals surface area contributed by atoms with Crippen LogP contribution in [-0.4, -0.2) is 41.0 Å². The van der Waals surface area contributed by atoms with Gasteiger partial charge in [0.2, 0.25) is 5.91 Å². The number of hydrogen-bond donors (Lipinski definition) is 0. The maximum Gasteiger partial charge on any atom is 0.253 e. The molecule has 0 unspecified atom stereocenters. The average molecular weight is 420 g/mol. The van der Waals surface area contributed by atoms with Gasteiger partial charge < -0.3 is 0 Å². The van der Waals surface area contributed by atoms with Crippen LogP contribution in [0, 0.1) is 11.7 Å². The van der Waals surface area contributed by atoms with E-state index in [0.29, 0.717) is 17.3 Å². The van der Waals surface area contributed by atoms with E-state index in [4.69, 9.17) is 23.2 Å². The lowest BCUT2D eigenvalue weighted by Gasteiger charge is -2.30. The van der Waals surface area contributed by atoms with E-state index in [1.807, 2.05) is 5.01 Å². The van der Waals surface area contributed by atoms with Gasteiger partial charge in [0.15, 0.2) is 0 Å². The molecule has 0 saturated carbocycles. The fourth-order valence-electron chi connectivity index (χ4n) is 4.67. The number of benzene rings is 2. The van der Waals surface area contributed by atoms with E-state index in [0.717, 1.165) is 18.5 Å². The third-order valence-corrected chi connectivity index (χ3v) is 6.31. The standard InChI is InChI=1S/C20H16Cl2FN3O2/c21-12-4-7-15(14(22)10-12)26-19(27)16-17(11-2-5-13(23)6-3-11)24-8-1-9-25(24)18(16)20(26)28/h2-7,10,16-18H,1,8-9H2/t16-,17+,18+/m0/s1. The minimum atomic E-state index is -0.572. The van der Waals surface area contributed by atoms with Crippen molar-refractivity contribution >= 4 is 40.7 Å². The quantitative estimate of drug-likeness (QED) is 0.696. The van der Waals surface area contributed by atoms with Crippen molar-refractivity contribution in [1.82, 2.24) is 10.0 Å². The SMILES string of the molecule is O=C1[C@H]2[C@@H](c3ccc(F)cc3)N3CCCN3[C@H]2C(=O)N1c1ccc(Cl)cc1Cl. The number of fused-ring (bicyclic) bond motifs is 3. The van der Waals surface area contributed by atoms with E-state index in [2.05, 4.69) is 5.01 Å². The van der Waals surface area contributed by atoms with Crippen LogP contribution in [-0.2, 0) is 9.59 Å². The van der Waals surface area contributed by atoms with Crippen molar-refractivity contribution < 1.29 is 14.0 Å². The Balaban J connectivity index is 1.59. The number of nitrogens with zero attached hydrogens (tertiary/aromatic N) is 3. The Morgan fingerprint density at radius 2 is 1.57 bits per heavy atom. The number of imide groups is 1. The van der Waals surface area contributed by atoms with Gasteiger partial charge in [-0.3, -0.25) is 9.59 Å². The number of hydrazine groups is 1. The number of rotatable bonds is 2. The number of carbonyl (C=O) groups is 2. The molecule has 0 N–H and O–H groups in total. The lowest BCUT2D eigenvalue weighted by Crippen LogP contribution is -2.44. The fourth-order valence-corrected chi connectivity index (χ4v) is 5.17. The summed E-state index contributed by atoms with van der Waals surface area (Å²) in [6, 6.07) is 10.00. The first-order chi connectivity index (χ1) is 13.5. The molecule has 0 bridgehead atoms. The predicted octanol–water partition coefficient (Wildman–Crippen LogP) is 3.67. The molecule has 0 aromatic heterocycles. The average Bonchev–Trinajstić information content (AvgIpc) is 3.30.